The van der Waals surface area contributed by atoms with Crippen LogP contribution in [0, 0.1) is 73.9 Å². The number of rotatable bonds is 0. The Morgan fingerprint density at radius 1 is 0.267 bits per heavy atom. The number of piperidine rings is 3. The molecule has 0 saturated carbocycles. The van der Waals surface area contributed by atoms with Crippen LogP contribution in [0.5, 0.6) is 0 Å². The van der Waals surface area contributed by atoms with Gasteiger partial charge >= 0.3 is 0 Å². The molecule has 101 heavy (non-hydrogen) atoms. The standard InChI is InChI=1S/C17H34N2.C16H32N2.C15H30N2.C14H28N2.C13H26N2.C10H20N2.C4H10/c1-16(2,3)14-9-10-15-8-7-11-19(17(4,5)6)13-18(15)12-14;1-15(2,3)13-7-8-14-9-10-18(16(4,5)6)12-17(14)11-13;1-14(2,3)12-9-13-7-8-17(15(4,5)6)11-16(13)10-12;1-13(2,3)11-7-8-12-15(9-11)10-16(12)14(4,5)6;1-12(2,3)10-7-11-14(8-10)9-15(11)13(4,5)6;1-10(2,3)8-4-9-5-11-7-12(9)6-8;1-4(2)3/h14-15H,7-13H2,1-6H3;13-14H,7-12H2,1-6H3;12-13H,7-11H2,1-6H3;11-12H,7-10H2,1-6H3;10-11H,7-9H2,1-6H3;8-9,11H,4-7H2,1-3H3;4H,1-3H3. The van der Waals surface area contributed by atoms with E-state index in [4.69, 9.17) is 0 Å². The maximum atomic E-state index is 3.42. The van der Waals surface area contributed by atoms with Crippen molar-refractivity contribution in [2.24, 2.45) is 73.9 Å². The van der Waals surface area contributed by atoms with E-state index < -0.39 is 0 Å². The number of hydrogen-bond acceptors (Lipinski definition) is 12. The molecule has 12 nitrogen and oxygen atoms in total. The van der Waals surface area contributed by atoms with E-state index in [1.807, 2.05) is 0 Å². The fourth-order valence-corrected chi connectivity index (χ4v) is 18.7. The highest BCUT2D eigenvalue weighted by Gasteiger charge is 2.52. The molecule has 0 amide bonds. The van der Waals surface area contributed by atoms with Gasteiger partial charge in [0.05, 0.1) is 45.7 Å². The third-order valence-electron chi connectivity index (χ3n) is 27.2. The SMILES string of the molecule is CC(C)(C)C1CC2CCN(C(C)(C)C)CN2C1.CC(C)(C)C1CC2CNCN2C1.CC(C)(C)C1CC2N(C1)CN2C(C)(C)C.CC(C)(C)C1CCC2CCCN(C(C)(C)C)CN2C1.CC(C)(C)C1CCC2CCN(C(C)(C)C)CN2C1.CC(C)(C)C1CCC2N(C1)CN2C(C)(C)C.CC(C)C. The Balaban J connectivity index is 0.000000189. The van der Waals surface area contributed by atoms with Gasteiger partial charge in [0, 0.05) is 117 Å². The van der Waals surface area contributed by atoms with Crippen molar-refractivity contribution in [3.8, 4) is 0 Å². The summed E-state index contributed by atoms with van der Waals surface area (Å²) < 4.78 is 0. The summed E-state index contributed by atoms with van der Waals surface area (Å²) >= 11 is 0. The molecule has 0 aromatic carbocycles. The van der Waals surface area contributed by atoms with Crippen molar-refractivity contribution in [3.63, 3.8) is 0 Å². The van der Waals surface area contributed by atoms with Gasteiger partial charge in [-0.3, -0.25) is 53.9 Å². The summed E-state index contributed by atoms with van der Waals surface area (Å²) in [4.78, 5) is 29.4. The Hall–Kier alpha value is -0.480. The molecule has 0 spiro atoms. The molecule has 12 unspecified atom stereocenters. The molecule has 596 valence electrons. The van der Waals surface area contributed by atoms with Gasteiger partial charge in [0.25, 0.3) is 0 Å². The highest BCUT2D eigenvalue weighted by atomic mass is 15.6. The molecule has 12 aliphatic heterocycles. The molecule has 0 radical (unpaired) electrons. The lowest BCUT2D eigenvalue weighted by molar-refractivity contribution is -0.186. The van der Waals surface area contributed by atoms with E-state index in [0.717, 1.165) is 84.6 Å². The Morgan fingerprint density at radius 2 is 0.574 bits per heavy atom. The first-order valence-corrected chi connectivity index (χ1v) is 42.7. The van der Waals surface area contributed by atoms with Crippen molar-refractivity contribution in [2.45, 2.75) is 397 Å². The van der Waals surface area contributed by atoms with Gasteiger partial charge in [-0.2, -0.15) is 0 Å². The Labute approximate surface area is 632 Å². The smallest absolute Gasteiger partial charge is 0.0652 e. The van der Waals surface area contributed by atoms with Crippen LogP contribution >= 0.6 is 0 Å². The first kappa shape index (κ1) is 89.4. The summed E-state index contributed by atoms with van der Waals surface area (Å²) in [5.41, 5.74) is 4.50. The molecule has 12 aliphatic rings. The second kappa shape index (κ2) is 34.4. The quantitative estimate of drug-likeness (QED) is 0.251. The minimum Gasteiger partial charge on any atom is -0.303 e. The zero-order valence-electron chi connectivity index (χ0n) is 74.9. The molecule has 12 atom stereocenters. The Bertz CT molecular complexity index is 2350. The Kier molecular flexibility index (Phi) is 30.5. The lowest BCUT2D eigenvalue weighted by Crippen LogP contribution is -2.71. The third kappa shape index (κ3) is 26.1. The lowest BCUT2D eigenvalue weighted by atomic mass is 9.74. The van der Waals surface area contributed by atoms with Crippen molar-refractivity contribution < 1.29 is 0 Å². The van der Waals surface area contributed by atoms with Crippen molar-refractivity contribution in [2.75, 3.05) is 105 Å². The number of hydrogen-bond donors (Lipinski definition) is 1. The molecule has 0 aliphatic carbocycles. The third-order valence-corrected chi connectivity index (χ3v) is 27.2. The van der Waals surface area contributed by atoms with E-state index >= 15 is 0 Å². The maximum absolute atomic E-state index is 3.42. The lowest BCUT2D eigenvalue weighted by Gasteiger charge is -2.61. The largest absolute Gasteiger partial charge is 0.303 e. The van der Waals surface area contributed by atoms with Crippen LogP contribution in [-0.4, -0.2) is 224 Å². The molecule has 12 heterocycles. The van der Waals surface area contributed by atoms with Gasteiger partial charge in [-0.1, -0.05) is 145 Å². The van der Waals surface area contributed by atoms with Crippen LogP contribution in [0.25, 0.3) is 0 Å². The Morgan fingerprint density at radius 3 is 0.960 bits per heavy atom. The number of nitrogens with zero attached hydrogens (tertiary/aromatic N) is 11. The zero-order valence-corrected chi connectivity index (χ0v) is 74.9. The van der Waals surface area contributed by atoms with Crippen LogP contribution in [0.3, 0.4) is 0 Å². The summed E-state index contributed by atoms with van der Waals surface area (Å²) in [6, 6.07) is 3.42. The summed E-state index contributed by atoms with van der Waals surface area (Å²) in [5, 5.41) is 3.42. The fraction of sp³-hybridized carbons (Fsp3) is 1.00. The monoisotopic (exact) mass is 1420 g/mol. The van der Waals surface area contributed by atoms with Crippen molar-refractivity contribution in [1.82, 2.24) is 59.2 Å². The van der Waals surface area contributed by atoms with E-state index in [1.165, 1.54) is 182 Å². The molecule has 12 heteroatoms. The van der Waals surface area contributed by atoms with Gasteiger partial charge in [0.15, 0.2) is 0 Å². The molecule has 12 fully saturated rings. The highest BCUT2D eigenvalue weighted by Crippen LogP contribution is 2.47. The maximum Gasteiger partial charge on any atom is 0.0652 e. The number of fused-ring (bicyclic) bond motifs is 6. The topological polar surface area (TPSA) is 47.7 Å². The van der Waals surface area contributed by atoms with Crippen LogP contribution in [0.15, 0.2) is 0 Å². The molecular weight excluding hydrogens is 1240 g/mol. The predicted molar refractivity (Wildman–Crippen MR) is 441 cm³/mol. The van der Waals surface area contributed by atoms with Crippen LogP contribution in [-0.2, 0) is 0 Å². The van der Waals surface area contributed by atoms with E-state index in [9.17, 15) is 0 Å². The van der Waals surface area contributed by atoms with Crippen molar-refractivity contribution in [3.05, 3.63) is 0 Å². The molecule has 12 rings (SSSR count). The second-order valence-corrected chi connectivity index (χ2v) is 47.4. The normalized spacial score (nSPS) is 32.4. The molecular formula is C89H180N12. The van der Waals surface area contributed by atoms with Crippen LogP contribution < -0.4 is 5.32 Å². The van der Waals surface area contributed by atoms with Crippen LogP contribution in [0.1, 0.15) is 333 Å². The molecule has 0 aromatic rings. The average Bonchev–Trinajstić information content (AvgIpc) is 1.71. The summed E-state index contributed by atoms with van der Waals surface area (Å²) in [6.45, 7) is 105. The highest BCUT2D eigenvalue weighted by molar-refractivity contribution is 5.02. The molecule has 0 bridgehead atoms. The number of nitrogens with one attached hydrogen (secondary N) is 1. The van der Waals surface area contributed by atoms with Gasteiger partial charge in [0.1, 0.15) is 0 Å². The molecule has 0 aromatic heterocycles. The van der Waals surface area contributed by atoms with Crippen molar-refractivity contribution >= 4 is 0 Å². The summed E-state index contributed by atoms with van der Waals surface area (Å²) in [7, 11) is 0. The predicted octanol–water partition coefficient (Wildman–Crippen LogP) is 19.6. The van der Waals surface area contributed by atoms with E-state index in [2.05, 4.69) is 308 Å². The first-order chi connectivity index (χ1) is 45.7. The molecule has 12 saturated heterocycles. The van der Waals surface area contributed by atoms with E-state index in [-0.39, 0.29) is 0 Å². The first-order valence-electron chi connectivity index (χ1n) is 42.7. The van der Waals surface area contributed by atoms with Crippen LogP contribution in [0.2, 0.25) is 0 Å². The molecule has 1 N–H and O–H groups in total. The van der Waals surface area contributed by atoms with Gasteiger partial charge < -0.3 is 5.32 Å². The summed E-state index contributed by atoms with van der Waals surface area (Å²) in [5.74, 6) is 6.11. The van der Waals surface area contributed by atoms with Gasteiger partial charge in [0.2, 0.25) is 0 Å². The summed E-state index contributed by atoms with van der Waals surface area (Å²) in [6.07, 6.45) is 19.6. The van der Waals surface area contributed by atoms with Gasteiger partial charge in [-0.05, 0) is 268 Å². The average molecular weight is 1420 g/mol. The fourth-order valence-electron chi connectivity index (χ4n) is 18.7. The van der Waals surface area contributed by atoms with Gasteiger partial charge in [-0.15, -0.1) is 0 Å². The zero-order chi connectivity index (χ0) is 76.6. The van der Waals surface area contributed by atoms with Crippen LogP contribution in [0.4, 0.5) is 0 Å². The van der Waals surface area contributed by atoms with E-state index in [0.29, 0.717) is 60.2 Å². The second-order valence-electron chi connectivity index (χ2n) is 47.4. The van der Waals surface area contributed by atoms with E-state index in [1.54, 1.807) is 0 Å². The minimum atomic E-state index is 0.309. The van der Waals surface area contributed by atoms with Gasteiger partial charge in [-0.25, -0.2) is 0 Å². The van der Waals surface area contributed by atoms with Crippen molar-refractivity contribution in [1.29, 1.82) is 0 Å². The minimum absolute atomic E-state index is 0.309.